The van der Waals surface area contributed by atoms with Crippen LogP contribution in [0.1, 0.15) is 32.6 Å². The molecule has 2 rings (SSSR count). The van der Waals surface area contributed by atoms with Gasteiger partial charge in [-0.3, -0.25) is 4.79 Å². The van der Waals surface area contributed by atoms with E-state index < -0.39 is 17.5 Å². The van der Waals surface area contributed by atoms with E-state index >= 15 is 0 Å². The Morgan fingerprint density at radius 2 is 1.62 bits per heavy atom. The summed E-state index contributed by atoms with van der Waals surface area (Å²) < 4.78 is 39.8. The van der Waals surface area contributed by atoms with Crippen LogP contribution in [0.3, 0.4) is 0 Å². The minimum atomic E-state index is -4.55. The Hall–Kier alpha value is -1.62. The lowest BCUT2D eigenvalue weighted by atomic mass is 9.94. The molecule has 0 aliphatic carbocycles. The van der Waals surface area contributed by atoms with Gasteiger partial charge in [0.05, 0.1) is 5.56 Å². The SMILES string of the molecule is Cc1cc(C(=O)c2ccccc2C(F)(F)F)c(C)cc1Br. The van der Waals surface area contributed by atoms with E-state index in [0.717, 1.165) is 16.1 Å². The molecule has 0 spiro atoms. The second-order valence-electron chi connectivity index (χ2n) is 4.79. The number of hydrogen-bond donors (Lipinski definition) is 0. The van der Waals surface area contributed by atoms with E-state index in [4.69, 9.17) is 0 Å². The highest BCUT2D eigenvalue weighted by Crippen LogP contribution is 2.33. The minimum Gasteiger partial charge on any atom is -0.289 e. The molecule has 0 saturated heterocycles. The third kappa shape index (κ3) is 3.18. The molecule has 0 N–H and O–H groups in total. The van der Waals surface area contributed by atoms with Crippen LogP contribution in [-0.4, -0.2) is 5.78 Å². The largest absolute Gasteiger partial charge is 0.417 e. The van der Waals surface area contributed by atoms with Gasteiger partial charge in [0.25, 0.3) is 0 Å². The molecule has 0 aliphatic heterocycles. The molecular weight excluding hydrogens is 345 g/mol. The van der Waals surface area contributed by atoms with E-state index in [0.29, 0.717) is 5.56 Å². The van der Waals surface area contributed by atoms with Crippen molar-refractivity contribution in [1.82, 2.24) is 0 Å². The second-order valence-corrected chi connectivity index (χ2v) is 5.64. The Labute approximate surface area is 128 Å². The Morgan fingerprint density at radius 3 is 2.24 bits per heavy atom. The van der Waals surface area contributed by atoms with Crippen LogP contribution in [0.4, 0.5) is 13.2 Å². The number of aryl methyl sites for hydroxylation is 2. The lowest BCUT2D eigenvalue weighted by molar-refractivity contribution is -0.137. The summed E-state index contributed by atoms with van der Waals surface area (Å²) in [7, 11) is 0. The lowest BCUT2D eigenvalue weighted by Gasteiger charge is -2.13. The summed E-state index contributed by atoms with van der Waals surface area (Å²) in [5.74, 6) is -0.615. The lowest BCUT2D eigenvalue weighted by Crippen LogP contribution is -2.14. The van der Waals surface area contributed by atoms with Gasteiger partial charge in [0.2, 0.25) is 0 Å². The quantitative estimate of drug-likeness (QED) is 0.666. The smallest absolute Gasteiger partial charge is 0.289 e. The van der Waals surface area contributed by atoms with Crippen molar-refractivity contribution in [2.75, 3.05) is 0 Å². The first kappa shape index (κ1) is 15.8. The Morgan fingerprint density at radius 1 is 1.00 bits per heavy atom. The molecule has 0 bridgehead atoms. The van der Waals surface area contributed by atoms with E-state index in [1.165, 1.54) is 18.2 Å². The van der Waals surface area contributed by atoms with E-state index in [-0.39, 0.29) is 11.1 Å². The zero-order chi connectivity index (χ0) is 15.8. The van der Waals surface area contributed by atoms with Gasteiger partial charge in [0.1, 0.15) is 0 Å². The molecule has 0 unspecified atom stereocenters. The van der Waals surface area contributed by atoms with Crippen LogP contribution in [-0.2, 0) is 6.18 Å². The van der Waals surface area contributed by atoms with Crippen LogP contribution in [0.15, 0.2) is 40.9 Å². The number of halogens is 4. The standard InChI is InChI=1S/C16H12BrF3O/c1-9-8-14(17)10(2)7-12(9)15(21)11-5-3-4-6-13(11)16(18,19)20/h3-8H,1-2H3. The van der Waals surface area contributed by atoms with E-state index in [1.54, 1.807) is 26.0 Å². The molecule has 5 heteroatoms. The van der Waals surface area contributed by atoms with Crippen molar-refractivity contribution in [2.24, 2.45) is 0 Å². The number of hydrogen-bond acceptors (Lipinski definition) is 1. The second kappa shape index (κ2) is 5.64. The molecule has 0 atom stereocenters. The summed E-state index contributed by atoms with van der Waals surface area (Å²) in [6, 6.07) is 8.19. The number of ketones is 1. The zero-order valence-corrected chi connectivity index (χ0v) is 13.0. The van der Waals surface area contributed by atoms with Crippen molar-refractivity contribution in [2.45, 2.75) is 20.0 Å². The van der Waals surface area contributed by atoms with E-state index in [9.17, 15) is 18.0 Å². The van der Waals surface area contributed by atoms with Crippen LogP contribution in [0.5, 0.6) is 0 Å². The van der Waals surface area contributed by atoms with Crippen LogP contribution < -0.4 is 0 Å². The van der Waals surface area contributed by atoms with Crippen molar-refractivity contribution in [3.05, 3.63) is 68.7 Å². The number of alkyl halides is 3. The highest BCUT2D eigenvalue weighted by atomic mass is 79.9. The summed E-state index contributed by atoms with van der Waals surface area (Å²) in [4.78, 5) is 12.5. The molecule has 0 amide bonds. The number of carbonyl (C=O) groups excluding carboxylic acids is 1. The molecule has 0 saturated carbocycles. The normalized spacial score (nSPS) is 11.5. The number of carbonyl (C=O) groups is 1. The molecule has 110 valence electrons. The number of benzene rings is 2. The maximum absolute atomic E-state index is 13.0. The molecule has 2 aromatic rings. The molecular formula is C16H12BrF3O. The maximum atomic E-state index is 13.0. The van der Waals surface area contributed by atoms with Crippen LogP contribution in [0.25, 0.3) is 0 Å². The third-order valence-corrected chi connectivity index (χ3v) is 4.08. The monoisotopic (exact) mass is 356 g/mol. The molecule has 0 aromatic heterocycles. The van der Waals surface area contributed by atoms with Gasteiger partial charge in [-0.05, 0) is 43.2 Å². The van der Waals surface area contributed by atoms with Crippen LogP contribution in [0.2, 0.25) is 0 Å². The molecule has 0 heterocycles. The zero-order valence-electron chi connectivity index (χ0n) is 11.4. The number of rotatable bonds is 2. The molecule has 1 nitrogen and oxygen atoms in total. The van der Waals surface area contributed by atoms with Gasteiger partial charge in [0.15, 0.2) is 5.78 Å². The van der Waals surface area contributed by atoms with Gasteiger partial charge in [-0.15, -0.1) is 0 Å². The average Bonchev–Trinajstić information content (AvgIpc) is 2.41. The van der Waals surface area contributed by atoms with Crippen molar-refractivity contribution < 1.29 is 18.0 Å². The fraction of sp³-hybridized carbons (Fsp3) is 0.188. The van der Waals surface area contributed by atoms with Crippen molar-refractivity contribution in [3.63, 3.8) is 0 Å². The first-order valence-corrected chi connectivity index (χ1v) is 6.99. The fourth-order valence-corrected chi connectivity index (χ4v) is 2.56. The predicted molar refractivity (Wildman–Crippen MR) is 78.5 cm³/mol. The first-order valence-electron chi connectivity index (χ1n) is 6.19. The van der Waals surface area contributed by atoms with E-state index in [1.807, 2.05) is 0 Å². The summed E-state index contributed by atoms with van der Waals surface area (Å²) in [6.45, 7) is 3.49. The van der Waals surface area contributed by atoms with Gasteiger partial charge >= 0.3 is 6.18 Å². The minimum absolute atomic E-state index is 0.285. The van der Waals surface area contributed by atoms with Crippen molar-refractivity contribution >= 4 is 21.7 Å². The van der Waals surface area contributed by atoms with Crippen molar-refractivity contribution in [3.8, 4) is 0 Å². The van der Waals surface area contributed by atoms with Gasteiger partial charge in [-0.25, -0.2) is 0 Å². The molecule has 0 radical (unpaired) electrons. The van der Waals surface area contributed by atoms with Crippen molar-refractivity contribution in [1.29, 1.82) is 0 Å². The average molecular weight is 357 g/mol. The van der Waals surface area contributed by atoms with Gasteiger partial charge in [-0.1, -0.05) is 34.1 Å². The molecule has 0 fully saturated rings. The van der Waals surface area contributed by atoms with Gasteiger partial charge < -0.3 is 0 Å². The first-order chi connectivity index (χ1) is 9.71. The van der Waals surface area contributed by atoms with E-state index in [2.05, 4.69) is 15.9 Å². The van der Waals surface area contributed by atoms with Gasteiger partial charge in [-0.2, -0.15) is 13.2 Å². The van der Waals surface area contributed by atoms with Gasteiger partial charge in [0, 0.05) is 15.6 Å². The molecule has 2 aromatic carbocycles. The fourth-order valence-electron chi connectivity index (χ4n) is 2.10. The summed E-state index contributed by atoms with van der Waals surface area (Å²) in [5.41, 5.74) is 0.486. The molecule has 0 aliphatic rings. The summed E-state index contributed by atoms with van der Waals surface area (Å²) in [5, 5.41) is 0. The maximum Gasteiger partial charge on any atom is 0.417 e. The van der Waals surface area contributed by atoms with Crippen LogP contribution in [0, 0.1) is 13.8 Å². The Kier molecular flexibility index (Phi) is 4.23. The third-order valence-electron chi connectivity index (χ3n) is 3.23. The topological polar surface area (TPSA) is 17.1 Å². The summed E-state index contributed by atoms with van der Waals surface area (Å²) >= 11 is 3.34. The van der Waals surface area contributed by atoms with Crippen LogP contribution >= 0.6 is 15.9 Å². The predicted octanol–water partition coefficient (Wildman–Crippen LogP) is 5.32. The summed E-state index contributed by atoms with van der Waals surface area (Å²) in [6.07, 6.45) is -4.55. The Balaban J connectivity index is 2.59. The Bertz CT molecular complexity index is 705. The molecule has 21 heavy (non-hydrogen) atoms. The highest BCUT2D eigenvalue weighted by molar-refractivity contribution is 9.10. The highest BCUT2D eigenvalue weighted by Gasteiger charge is 2.35.